The minimum absolute atomic E-state index is 0.0670. The Balaban J connectivity index is 2.45. The molecule has 0 saturated carbocycles. The van der Waals surface area contributed by atoms with Gasteiger partial charge in [-0.2, -0.15) is 5.10 Å². The highest BCUT2D eigenvalue weighted by molar-refractivity contribution is 6.00. The number of rotatable bonds is 5. The molecule has 72 valence electrons. The predicted molar refractivity (Wildman–Crippen MR) is 48.4 cm³/mol. The van der Waals surface area contributed by atoms with Crippen LogP contribution in [-0.4, -0.2) is 29.2 Å². The van der Waals surface area contributed by atoms with Crippen LogP contribution in [0, 0.1) is 0 Å². The van der Waals surface area contributed by atoms with Gasteiger partial charge in [0.25, 0.3) is 0 Å². The van der Waals surface area contributed by atoms with Gasteiger partial charge in [0.15, 0.2) is 5.78 Å². The van der Waals surface area contributed by atoms with Crippen molar-refractivity contribution in [3.8, 4) is 0 Å². The van der Waals surface area contributed by atoms with E-state index in [4.69, 9.17) is 10.5 Å². The van der Waals surface area contributed by atoms with Crippen LogP contribution in [0.2, 0.25) is 0 Å². The number of hydrogen-bond donors (Lipinski definition) is 2. The van der Waals surface area contributed by atoms with Gasteiger partial charge < -0.3 is 10.5 Å². The number of anilines is 1. The lowest BCUT2D eigenvalue weighted by atomic mass is 10.2. The second-order valence-corrected chi connectivity index (χ2v) is 2.67. The zero-order chi connectivity index (χ0) is 9.68. The number of carbonyl (C=O) groups is 1. The lowest BCUT2D eigenvalue weighted by molar-refractivity contribution is 0.0762. The summed E-state index contributed by atoms with van der Waals surface area (Å²) in [5, 5.41) is 6.14. The monoisotopic (exact) mass is 183 g/mol. The molecule has 5 nitrogen and oxygen atoms in total. The first-order valence-corrected chi connectivity index (χ1v) is 4.15. The SMILES string of the molecule is CCCOCC(=O)c1cn[nH]c1N. The second-order valence-electron chi connectivity index (χ2n) is 2.67. The van der Waals surface area contributed by atoms with E-state index in [2.05, 4.69) is 10.2 Å². The summed E-state index contributed by atoms with van der Waals surface area (Å²) in [4.78, 5) is 11.3. The molecule has 1 rings (SSSR count). The number of ketones is 1. The molecule has 0 bridgehead atoms. The summed E-state index contributed by atoms with van der Waals surface area (Å²) < 4.78 is 5.08. The summed E-state index contributed by atoms with van der Waals surface area (Å²) in [5.74, 6) is 0.157. The first-order valence-electron chi connectivity index (χ1n) is 4.15. The van der Waals surface area contributed by atoms with Crippen LogP contribution in [0.3, 0.4) is 0 Å². The Labute approximate surface area is 76.3 Å². The number of hydrogen-bond acceptors (Lipinski definition) is 4. The Bertz CT molecular complexity index is 283. The average Bonchev–Trinajstić information content (AvgIpc) is 2.52. The zero-order valence-electron chi connectivity index (χ0n) is 7.54. The molecule has 0 aromatic carbocycles. The van der Waals surface area contributed by atoms with Crippen LogP contribution < -0.4 is 5.73 Å². The van der Waals surface area contributed by atoms with Gasteiger partial charge in [0.2, 0.25) is 0 Å². The molecular weight excluding hydrogens is 170 g/mol. The average molecular weight is 183 g/mol. The highest BCUT2D eigenvalue weighted by Gasteiger charge is 2.10. The Morgan fingerprint density at radius 1 is 1.77 bits per heavy atom. The Hall–Kier alpha value is -1.36. The van der Waals surface area contributed by atoms with Crippen LogP contribution in [0.15, 0.2) is 6.20 Å². The number of carbonyl (C=O) groups excluding carboxylic acids is 1. The second kappa shape index (κ2) is 4.61. The quantitative estimate of drug-likeness (QED) is 0.517. The number of nitrogen functional groups attached to an aromatic ring is 1. The highest BCUT2D eigenvalue weighted by Crippen LogP contribution is 2.06. The largest absolute Gasteiger partial charge is 0.383 e. The smallest absolute Gasteiger partial charge is 0.193 e. The van der Waals surface area contributed by atoms with Crippen molar-refractivity contribution in [1.82, 2.24) is 10.2 Å². The van der Waals surface area contributed by atoms with Gasteiger partial charge in [0, 0.05) is 6.61 Å². The number of H-pyrrole nitrogens is 1. The molecule has 1 aromatic heterocycles. The summed E-state index contributed by atoms with van der Waals surface area (Å²) in [6.45, 7) is 2.64. The molecule has 1 aromatic rings. The van der Waals surface area contributed by atoms with E-state index in [9.17, 15) is 4.79 Å². The molecule has 1 heterocycles. The number of nitrogens with one attached hydrogen (secondary N) is 1. The van der Waals surface area contributed by atoms with Crippen LogP contribution in [0.1, 0.15) is 23.7 Å². The first-order chi connectivity index (χ1) is 6.25. The molecule has 0 unspecified atom stereocenters. The van der Waals surface area contributed by atoms with Gasteiger partial charge in [-0.3, -0.25) is 9.89 Å². The van der Waals surface area contributed by atoms with Crippen LogP contribution in [-0.2, 0) is 4.74 Å². The number of Topliss-reactive ketones (excluding diaryl/α,β-unsaturated/α-hetero) is 1. The van der Waals surface area contributed by atoms with Crippen molar-refractivity contribution in [3.63, 3.8) is 0 Å². The van der Waals surface area contributed by atoms with Crippen molar-refractivity contribution in [2.75, 3.05) is 18.9 Å². The first kappa shape index (κ1) is 9.73. The zero-order valence-corrected chi connectivity index (χ0v) is 7.54. The van der Waals surface area contributed by atoms with Crippen molar-refractivity contribution < 1.29 is 9.53 Å². The topological polar surface area (TPSA) is 81.0 Å². The molecule has 5 heteroatoms. The fraction of sp³-hybridized carbons (Fsp3) is 0.500. The van der Waals surface area contributed by atoms with Crippen molar-refractivity contribution in [2.45, 2.75) is 13.3 Å². The van der Waals surface area contributed by atoms with Gasteiger partial charge in [-0.05, 0) is 6.42 Å². The lowest BCUT2D eigenvalue weighted by Gasteiger charge is -1.99. The van der Waals surface area contributed by atoms with Gasteiger partial charge in [0.1, 0.15) is 12.4 Å². The van der Waals surface area contributed by atoms with Crippen molar-refractivity contribution in [2.24, 2.45) is 0 Å². The van der Waals surface area contributed by atoms with E-state index in [-0.39, 0.29) is 12.4 Å². The van der Waals surface area contributed by atoms with Gasteiger partial charge in [0.05, 0.1) is 11.8 Å². The molecule has 0 atom stereocenters. The molecule has 0 spiro atoms. The third kappa shape index (κ3) is 2.55. The van der Waals surface area contributed by atoms with Crippen LogP contribution in [0.25, 0.3) is 0 Å². The van der Waals surface area contributed by atoms with E-state index in [1.807, 2.05) is 6.92 Å². The molecule has 0 saturated heterocycles. The molecule has 13 heavy (non-hydrogen) atoms. The number of nitrogens with zero attached hydrogens (tertiary/aromatic N) is 1. The number of aromatic amines is 1. The maximum atomic E-state index is 11.3. The molecule has 0 aliphatic carbocycles. The van der Waals surface area contributed by atoms with E-state index in [1.54, 1.807) is 0 Å². The molecule has 3 N–H and O–H groups in total. The van der Waals surface area contributed by atoms with Crippen LogP contribution in [0.5, 0.6) is 0 Å². The molecule has 0 aliphatic heterocycles. The van der Waals surface area contributed by atoms with Crippen LogP contribution in [0.4, 0.5) is 5.82 Å². The number of ether oxygens (including phenoxy) is 1. The minimum Gasteiger partial charge on any atom is -0.383 e. The Morgan fingerprint density at radius 2 is 2.54 bits per heavy atom. The standard InChI is InChI=1S/C8H13N3O2/c1-2-3-13-5-7(12)6-4-10-11-8(6)9/h4H,2-3,5H2,1H3,(H3,9,10,11). The van der Waals surface area contributed by atoms with E-state index < -0.39 is 0 Å². The van der Waals surface area contributed by atoms with E-state index in [0.717, 1.165) is 6.42 Å². The molecule has 0 radical (unpaired) electrons. The maximum Gasteiger partial charge on any atom is 0.193 e. The van der Waals surface area contributed by atoms with E-state index >= 15 is 0 Å². The maximum absolute atomic E-state index is 11.3. The molecule has 0 amide bonds. The summed E-state index contributed by atoms with van der Waals surface area (Å²) >= 11 is 0. The number of aromatic nitrogens is 2. The van der Waals surface area contributed by atoms with Gasteiger partial charge in [-0.15, -0.1) is 0 Å². The fourth-order valence-electron chi connectivity index (χ4n) is 0.905. The van der Waals surface area contributed by atoms with Crippen molar-refractivity contribution in [3.05, 3.63) is 11.8 Å². The number of nitrogens with two attached hydrogens (primary N) is 1. The Kier molecular flexibility index (Phi) is 3.45. The normalized spacial score (nSPS) is 10.2. The lowest BCUT2D eigenvalue weighted by Crippen LogP contribution is -2.10. The molecular formula is C8H13N3O2. The highest BCUT2D eigenvalue weighted by atomic mass is 16.5. The van der Waals surface area contributed by atoms with Crippen molar-refractivity contribution >= 4 is 11.6 Å². The third-order valence-electron chi connectivity index (χ3n) is 1.55. The van der Waals surface area contributed by atoms with Gasteiger partial charge in [-0.1, -0.05) is 6.92 Å². The summed E-state index contributed by atoms with van der Waals surface area (Å²) in [6.07, 6.45) is 2.31. The minimum atomic E-state index is -0.139. The van der Waals surface area contributed by atoms with Crippen LogP contribution >= 0.6 is 0 Å². The van der Waals surface area contributed by atoms with Gasteiger partial charge >= 0.3 is 0 Å². The predicted octanol–water partition coefficient (Wildman–Crippen LogP) is 0.601. The summed E-state index contributed by atoms with van der Waals surface area (Å²) in [5.41, 5.74) is 5.85. The third-order valence-corrected chi connectivity index (χ3v) is 1.55. The van der Waals surface area contributed by atoms with E-state index in [0.29, 0.717) is 18.0 Å². The van der Waals surface area contributed by atoms with Gasteiger partial charge in [-0.25, -0.2) is 0 Å². The fourth-order valence-corrected chi connectivity index (χ4v) is 0.905. The molecule has 0 aliphatic rings. The summed E-state index contributed by atoms with van der Waals surface area (Å²) in [6, 6.07) is 0. The molecule has 0 fully saturated rings. The Morgan fingerprint density at radius 3 is 3.08 bits per heavy atom. The van der Waals surface area contributed by atoms with Crippen molar-refractivity contribution in [1.29, 1.82) is 0 Å². The summed E-state index contributed by atoms with van der Waals surface area (Å²) in [7, 11) is 0. The van der Waals surface area contributed by atoms with E-state index in [1.165, 1.54) is 6.20 Å².